The van der Waals surface area contributed by atoms with Crippen LogP contribution in [-0.4, -0.2) is 5.24 Å². The van der Waals surface area contributed by atoms with Crippen LogP contribution in [0.3, 0.4) is 0 Å². The number of rotatable bonds is 6. The zero-order valence-corrected chi connectivity index (χ0v) is 14.2. The van der Waals surface area contributed by atoms with Crippen LogP contribution in [0.5, 0.6) is 0 Å². The largest absolute Gasteiger partial charge is 0.276 e. The molecule has 1 atom stereocenters. The van der Waals surface area contributed by atoms with Gasteiger partial charge >= 0.3 is 0 Å². The standard InChI is InChI=1S/C20H23ClO/c1-14(2)12-16-4-8-18(9-5-16)15(3)13-17-6-10-19(11-7-17)20(21)22/h4-11,14-15H,12-13H2,1-3H3/t15-/m1/s1. The fourth-order valence-electron chi connectivity index (χ4n) is 2.70. The molecule has 0 radical (unpaired) electrons. The molecule has 0 fully saturated rings. The Bertz CT molecular complexity index is 611. The third-order valence-corrected chi connectivity index (χ3v) is 4.13. The van der Waals surface area contributed by atoms with E-state index in [1.165, 1.54) is 16.7 Å². The molecule has 2 heteroatoms. The molecule has 0 saturated carbocycles. The average molecular weight is 315 g/mol. The van der Waals surface area contributed by atoms with Crippen LogP contribution in [0.25, 0.3) is 0 Å². The maximum atomic E-state index is 11.1. The van der Waals surface area contributed by atoms with Crippen molar-refractivity contribution in [3.8, 4) is 0 Å². The topological polar surface area (TPSA) is 17.1 Å². The Kier molecular flexibility index (Phi) is 5.79. The first-order valence-corrected chi connectivity index (χ1v) is 8.21. The zero-order valence-electron chi connectivity index (χ0n) is 13.5. The first-order valence-electron chi connectivity index (χ1n) is 7.83. The van der Waals surface area contributed by atoms with Crippen LogP contribution in [0.1, 0.15) is 53.7 Å². The van der Waals surface area contributed by atoms with Gasteiger partial charge in [0.1, 0.15) is 0 Å². The Morgan fingerprint density at radius 3 is 1.86 bits per heavy atom. The number of carbonyl (C=O) groups excluding carboxylic acids is 1. The molecular formula is C20H23ClO. The predicted molar refractivity (Wildman–Crippen MR) is 93.7 cm³/mol. The molecule has 22 heavy (non-hydrogen) atoms. The summed E-state index contributed by atoms with van der Waals surface area (Å²) in [6.45, 7) is 6.72. The Morgan fingerprint density at radius 2 is 1.36 bits per heavy atom. The third kappa shape index (κ3) is 4.71. The molecule has 2 aromatic rings. The van der Waals surface area contributed by atoms with E-state index in [4.69, 9.17) is 11.6 Å². The van der Waals surface area contributed by atoms with Crippen molar-refractivity contribution in [2.24, 2.45) is 5.92 Å². The van der Waals surface area contributed by atoms with Gasteiger partial charge in [-0.2, -0.15) is 0 Å². The first kappa shape index (κ1) is 16.8. The quantitative estimate of drug-likeness (QED) is 0.633. The SMILES string of the molecule is CC(C)Cc1ccc([C@H](C)Cc2ccc(C(=O)Cl)cc2)cc1. The van der Waals surface area contributed by atoms with Crippen LogP contribution < -0.4 is 0 Å². The molecule has 2 rings (SSSR count). The van der Waals surface area contributed by atoms with Crippen LogP contribution >= 0.6 is 11.6 Å². The highest BCUT2D eigenvalue weighted by atomic mass is 35.5. The summed E-state index contributed by atoms with van der Waals surface area (Å²) in [7, 11) is 0. The van der Waals surface area contributed by atoms with Crippen LogP contribution in [0, 0.1) is 5.92 Å². The van der Waals surface area contributed by atoms with Crippen molar-refractivity contribution in [1.29, 1.82) is 0 Å². The van der Waals surface area contributed by atoms with Gasteiger partial charge in [0.15, 0.2) is 0 Å². The minimum absolute atomic E-state index is 0.402. The van der Waals surface area contributed by atoms with E-state index < -0.39 is 5.24 Å². The van der Waals surface area contributed by atoms with Gasteiger partial charge in [-0.3, -0.25) is 4.79 Å². The molecule has 0 aliphatic carbocycles. The maximum Gasteiger partial charge on any atom is 0.252 e. The second kappa shape index (κ2) is 7.60. The van der Waals surface area contributed by atoms with Gasteiger partial charge < -0.3 is 0 Å². The summed E-state index contributed by atoms with van der Waals surface area (Å²) in [6, 6.07) is 16.5. The monoisotopic (exact) mass is 314 g/mol. The second-order valence-electron chi connectivity index (χ2n) is 6.42. The third-order valence-electron chi connectivity index (χ3n) is 3.92. The smallest absolute Gasteiger partial charge is 0.252 e. The Hall–Kier alpha value is -1.60. The van der Waals surface area contributed by atoms with Crippen LogP contribution in [0.15, 0.2) is 48.5 Å². The van der Waals surface area contributed by atoms with Gasteiger partial charge in [0, 0.05) is 5.56 Å². The van der Waals surface area contributed by atoms with Crippen LogP contribution in [-0.2, 0) is 12.8 Å². The lowest BCUT2D eigenvalue weighted by atomic mass is 9.92. The van der Waals surface area contributed by atoms with E-state index in [2.05, 4.69) is 45.0 Å². The van der Waals surface area contributed by atoms with E-state index >= 15 is 0 Å². The Labute approximate surface area is 138 Å². The summed E-state index contributed by atoms with van der Waals surface area (Å²) in [6.07, 6.45) is 2.09. The minimum Gasteiger partial charge on any atom is -0.276 e. The highest BCUT2D eigenvalue weighted by Gasteiger charge is 2.08. The summed E-state index contributed by atoms with van der Waals surface area (Å²) < 4.78 is 0. The van der Waals surface area contributed by atoms with Gasteiger partial charge in [0.05, 0.1) is 0 Å². The highest BCUT2D eigenvalue weighted by molar-refractivity contribution is 6.67. The van der Waals surface area contributed by atoms with Crippen LogP contribution in [0.4, 0.5) is 0 Å². The molecule has 0 aromatic heterocycles. The number of benzene rings is 2. The molecule has 0 aliphatic rings. The van der Waals surface area contributed by atoms with Crippen molar-refractivity contribution in [1.82, 2.24) is 0 Å². The molecule has 0 aliphatic heterocycles. The number of halogens is 1. The lowest BCUT2D eigenvalue weighted by Crippen LogP contribution is -2.00. The number of hydrogen-bond donors (Lipinski definition) is 0. The lowest BCUT2D eigenvalue weighted by molar-refractivity contribution is 0.108. The molecule has 116 valence electrons. The van der Waals surface area contributed by atoms with Gasteiger partial charge in [0.25, 0.3) is 5.24 Å². The number of carbonyl (C=O) groups is 1. The maximum absolute atomic E-state index is 11.1. The summed E-state index contributed by atoms with van der Waals surface area (Å²) in [5.74, 6) is 1.14. The summed E-state index contributed by atoms with van der Waals surface area (Å²) in [5, 5.41) is -0.402. The van der Waals surface area contributed by atoms with E-state index in [9.17, 15) is 4.79 Å². The molecule has 0 spiro atoms. The summed E-state index contributed by atoms with van der Waals surface area (Å²) in [5.41, 5.74) is 4.53. The van der Waals surface area contributed by atoms with Crippen molar-refractivity contribution in [2.75, 3.05) is 0 Å². The van der Waals surface area contributed by atoms with Gasteiger partial charge in [-0.15, -0.1) is 0 Å². The zero-order chi connectivity index (χ0) is 16.1. The molecule has 0 saturated heterocycles. The first-order chi connectivity index (χ1) is 10.5. The Morgan fingerprint density at radius 1 is 0.864 bits per heavy atom. The van der Waals surface area contributed by atoms with Crippen molar-refractivity contribution >= 4 is 16.8 Å². The molecule has 0 N–H and O–H groups in total. The molecule has 0 amide bonds. The van der Waals surface area contributed by atoms with E-state index in [-0.39, 0.29) is 0 Å². The van der Waals surface area contributed by atoms with E-state index in [0.29, 0.717) is 17.4 Å². The fraction of sp³-hybridized carbons (Fsp3) is 0.350. The molecular weight excluding hydrogens is 292 g/mol. The highest BCUT2D eigenvalue weighted by Crippen LogP contribution is 2.22. The Balaban J connectivity index is 2.02. The van der Waals surface area contributed by atoms with E-state index in [0.717, 1.165) is 12.8 Å². The fourth-order valence-corrected chi connectivity index (χ4v) is 2.82. The van der Waals surface area contributed by atoms with E-state index in [1.807, 2.05) is 12.1 Å². The van der Waals surface area contributed by atoms with Gasteiger partial charge in [-0.05, 0) is 65.1 Å². The molecule has 0 unspecified atom stereocenters. The van der Waals surface area contributed by atoms with Crippen molar-refractivity contribution in [3.63, 3.8) is 0 Å². The van der Waals surface area contributed by atoms with Gasteiger partial charge in [-0.1, -0.05) is 57.2 Å². The molecule has 0 bridgehead atoms. The van der Waals surface area contributed by atoms with Gasteiger partial charge in [0.2, 0.25) is 0 Å². The van der Waals surface area contributed by atoms with Crippen molar-refractivity contribution in [3.05, 3.63) is 70.8 Å². The molecule has 0 heterocycles. The normalized spacial score (nSPS) is 12.4. The van der Waals surface area contributed by atoms with Gasteiger partial charge in [-0.25, -0.2) is 0 Å². The van der Waals surface area contributed by atoms with Crippen LogP contribution in [0.2, 0.25) is 0 Å². The minimum atomic E-state index is -0.402. The van der Waals surface area contributed by atoms with E-state index in [1.54, 1.807) is 12.1 Å². The average Bonchev–Trinajstić information content (AvgIpc) is 2.48. The van der Waals surface area contributed by atoms with Crippen molar-refractivity contribution < 1.29 is 4.79 Å². The second-order valence-corrected chi connectivity index (χ2v) is 6.76. The molecule has 2 aromatic carbocycles. The summed E-state index contributed by atoms with van der Waals surface area (Å²) >= 11 is 5.47. The molecule has 1 nitrogen and oxygen atoms in total. The van der Waals surface area contributed by atoms with Crippen molar-refractivity contribution in [2.45, 2.75) is 39.5 Å². The number of hydrogen-bond acceptors (Lipinski definition) is 1. The lowest BCUT2D eigenvalue weighted by Gasteiger charge is -2.13. The predicted octanol–water partition coefficient (Wildman–Crippen LogP) is 5.61. The summed E-state index contributed by atoms with van der Waals surface area (Å²) in [4.78, 5) is 11.1.